The molecule has 7 heteroatoms. The summed E-state index contributed by atoms with van der Waals surface area (Å²) in [5, 5.41) is 13.8. The van der Waals surface area contributed by atoms with Gasteiger partial charge in [-0.1, -0.05) is 42.5 Å². The number of carbonyl (C=O) groups is 1. The molecule has 0 aliphatic carbocycles. The first-order valence-corrected chi connectivity index (χ1v) is 9.55. The molecule has 2 aromatic rings. The number of hydrogen-bond donors (Lipinski definition) is 1. The third kappa shape index (κ3) is 5.37. The number of nitrogens with one attached hydrogen (secondary N) is 1. The summed E-state index contributed by atoms with van der Waals surface area (Å²) < 4.78 is 5.88. The maximum atomic E-state index is 12.2. The fourth-order valence-electron chi connectivity index (χ4n) is 3.36. The highest BCUT2D eigenvalue weighted by molar-refractivity contribution is 5.98. The smallest absolute Gasteiger partial charge is 0.282 e. The van der Waals surface area contributed by atoms with E-state index in [4.69, 9.17) is 4.74 Å². The number of carbonyl (C=O) groups excluding carboxylic acids is 1. The third-order valence-corrected chi connectivity index (χ3v) is 4.85. The number of ether oxygens (including phenoxy) is 1. The van der Waals surface area contributed by atoms with Gasteiger partial charge in [0.2, 0.25) is 0 Å². The van der Waals surface area contributed by atoms with Crippen LogP contribution in [0.4, 0.5) is 5.69 Å². The largest absolute Gasteiger partial charge is 0.371 e. The third-order valence-electron chi connectivity index (χ3n) is 4.85. The van der Waals surface area contributed by atoms with Crippen molar-refractivity contribution in [1.29, 1.82) is 0 Å². The number of morpholine rings is 1. The standard InChI is InChI=1S/C21H25N3O4/c25-21(18-10-4-5-11-19(18)24(26)27)22-12-6-7-13-23-14-15-28-20(16-23)17-8-2-1-3-9-17/h1-5,8-11,20H,6-7,12-16H2,(H,22,25). The molecular weight excluding hydrogens is 358 g/mol. The summed E-state index contributed by atoms with van der Waals surface area (Å²) >= 11 is 0. The Labute approximate surface area is 164 Å². The van der Waals surface area contributed by atoms with Gasteiger partial charge in [0.25, 0.3) is 11.6 Å². The second-order valence-electron chi connectivity index (χ2n) is 6.81. The Hall–Kier alpha value is -2.77. The monoisotopic (exact) mass is 383 g/mol. The predicted octanol–water partition coefficient (Wildman–Crippen LogP) is 3.18. The van der Waals surface area contributed by atoms with Crippen molar-refractivity contribution in [2.24, 2.45) is 0 Å². The fourth-order valence-corrected chi connectivity index (χ4v) is 3.36. The molecule has 1 atom stereocenters. The number of rotatable bonds is 8. The van der Waals surface area contributed by atoms with Crippen molar-refractivity contribution >= 4 is 11.6 Å². The molecule has 1 aliphatic heterocycles. The molecule has 3 rings (SSSR count). The highest BCUT2D eigenvalue weighted by Crippen LogP contribution is 2.22. The first-order chi connectivity index (χ1) is 13.6. The van der Waals surface area contributed by atoms with Crippen LogP contribution in [-0.2, 0) is 4.74 Å². The SMILES string of the molecule is O=C(NCCCCN1CCOC(c2ccccc2)C1)c1ccccc1[N+](=O)[O-]. The Morgan fingerprint density at radius 3 is 2.68 bits per heavy atom. The van der Waals surface area contributed by atoms with Crippen molar-refractivity contribution in [2.45, 2.75) is 18.9 Å². The summed E-state index contributed by atoms with van der Waals surface area (Å²) in [5.41, 5.74) is 1.13. The lowest BCUT2D eigenvalue weighted by Crippen LogP contribution is -2.39. The van der Waals surface area contributed by atoms with Crippen molar-refractivity contribution in [3.05, 3.63) is 75.8 Å². The van der Waals surface area contributed by atoms with Crippen LogP contribution in [0, 0.1) is 10.1 Å². The van der Waals surface area contributed by atoms with E-state index >= 15 is 0 Å². The number of nitrogens with zero attached hydrogens (tertiary/aromatic N) is 2. The lowest BCUT2D eigenvalue weighted by Gasteiger charge is -2.33. The van der Waals surface area contributed by atoms with Crippen LogP contribution in [-0.4, -0.2) is 48.5 Å². The van der Waals surface area contributed by atoms with E-state index in [1.807, 2.05) is 18.2 Å². The van der Waals surface area contributed by atoms with Crippen molar-refractivity contribution < 1.29 is 14.5 Å². The zero-order valence-corrected chi connectivity index (χ0v) is 15.8. The maximum absolute atomic E-state index is 12.2. The molecule has 0 spiro atoms. The van der Waals surface area contributed by atoms with Crippen LogP contribution in [0.3, 0.4) is 0 Å². The van der Waals surface area contributed by atoms with Gasteiger partial charge in [0.05, 0.1) is 17.6 Å². The van der Waals surface area contributed by atoms with E-state index in [-0.39, 0.29) is 17.4 Å². The fraction of sp³-hybridized carbons (Fsp3) is 0.381. The Kier molecular flexibility index (Phi) is 7.11. The molecule has 28 heavy (non-hydrogen) atoms. The Balaban J connectivity index is 1.39. The van der Waals surface area contributed by atoms with Gasteiger partial charge < -0.3 is 10.1 Å². The van der Waals surface area contributed by atoms with Gasteiger partial charge in [-0.3, -0.25) is 19.8 Å². The molecule has 0 aromatic heterocycles. The average molecular weight is 383 g/mol. The summed E-state index contributed by atoms with van der Waals surface area (Å²) in [6.45, 7) is 3.93. The van der Waals surface area contributed by atoms with Gasteiger partial charge in [0, 0.05) is 25.7 Å². The van der Waals surface area contributed by atoms with E-state index in [1.54, 1.807) is 12.1 Å². The number of para-hydroxylation sites is 1. The molecule has 1 saturated heterocycles. The second-order valence-corrected chi connectivity index (χ2v) is 6.81. The van der Waals surface area contributed by atoms with E-state index < -0.39 is 10.8 Å². The molecule has 0 radical (unpaired) electrons. The van der Waals surface area contributed by atoms with E-state index in [1.165, 1.54) is 17.7 Å². The lowest BCUT2D eigenvalue weighted by molar-refractivity contribution is -0.385. The van der Waals surface area contributed by atoms with Gasteiger partial charge >= 0.3 is 0 Å². The summed E-state index contributed by atoms with van der Waals surface area (Å²) in [6.07, 6.45) is 1.87. The Morgan fingerprint density at radius 1 is 1.14 bits per heavy atom. The van der Waals surface area contributed by atoms with Crippen LogP contribution in [0.25, 0.3) is 0 Å². The molecule has 2 aromatic carbocycles. The summed E-state index contributed by atoms with van der Waals surface area (Å²) in [4.78, 5) is 25.1. The molecule has 0 bridgehead atoms. The number of amides is 1. The molecule has 1 unspecified atom stereocenters. The molecule has 0 saturated carbocycles. The van der Waals surface area contributed by atoms with Gasteiger partial charge in [0.15, 0.2) is 0 Å². The topological polar surface area (TPSA) is 84.7 Å². The Morgan fingerprint density at radius 2 is 1.89 bits per heavy atom. The van der Waals surface area contributed by atoms with Crippen LogP contribution in [0.2, 0.25) is 0 Å². The van der Waals surface area contributed by atoms with Crippen LogP contribution < -0.4 is 5.32 Å². The van der Waals surface area contributed by atoms with Gasteiger partial charge in [-0.25, -0.2) is 0 Å². The van der Waals surface area contributed by atoms with E-state index in [2.05, 4.69) is 22.3 Å². The van der Waals surface area contributed by atoms with Gasteiger partial charge in [0.1, 0.15) is 5.56 Å². The minimum Gasteiger partial charge on any atom is -0.371 e. The first-order valence-electron chi connectivity index (χ1n) is 9.55. The average Bonchev–Trinajstić information content (AvgIpc) is 2.74. The van der Waals surface area contributed by atoms with Gasteiger partial charge in [-0.2, -0.15) is 0 Å². The summed E-state index contributed by atoms with van der Waals surface area (Å²) in [7, 11) is 0. The quantitative estimate of drug-likeness (QED) is 0.430. The highest BCUT2D eigenvalue weighted by atomic mass is 16.6. The molecule has 1 aliphatic rings. The van der Waals surface area contributed by atoms with E-state index in [0.717, 1.165) is 32.5 Å². The number of hydrogen-bond acceptors (Lipinski definition) is 5. The highest BCUT2D eigenvalue weighted by Gasteiger charge is 2.21. The number of nitro groups is 1. The minimum absolute atomic E-state index is 0.103. The zero-order valence-electron chi connectivity index (χ0n) is 15.8. The van der Waals surface area contributed by atoms with Crippen molar-refractivity contribution in [3.63, 3.8) is 0 Å². The Bertz CT molecular complexity index is 797. The molecule has 148 valence electrons. The van der Waals surface area contributed by atoms with Crippen LogP contribution in [0.5, 0.6) is 0 Å². The zero-order chi connectivity index (χ0) is 19.8. The maximum Gasteiger partial charge on any atom is 0.282 e. The van der Waals surface area contributed by atoms with Crippen molar-refractivity contribution in [1.82, 2.24) is 10.2 Å². The second kappa shape index (κ2) is 9.96. The molecular formula is C21H25N3O4. The van der Waals surface area contributed by atoms with Crippen molar-refractivity contribution in [2.75, 3.05) is 32.8 Å². The molecule has 7 nitrogen and oxygen atoms in total. The van der Waals surface area contributed by atoms with Gasteiger partial charge in [-0.15, -0.1) is 0 Å². The van der Waals surface area contributed by atoms with Crippen LogP contribution >= 0.6 is 0 Å². The van der Waals surface area contributed by atoms with Gasteiger partial charge in [-0.05, 0) is 31.0 Å². The van der Waals surface area contributed by atoms with E-state index in [0.29, 0.717) is 13.2 Å². The molecule has 1 amide bonds. The number of nitro benzene ring substituents is 1. The molecule has 1 fully saturated rings. The summed E-state index contributed by atoms with van der Waals surface area (Å²) in [5.74, 6) is -0.400. The van der Waals surface area contributed by atoms with E-state index in [9.17, 15) is 14.9 Å². The molecule has 1 N–H and O–H groups in total. The number of benzene rings is 2. The van der Waals surface area contributed by atoms with Crippen LogP contribution in [0.1, 0.15) is 34.9 Å². The first kappa shape index (κ1) is 20.0. The molecule has 1 heterocycles. The number of unbranched alkanes of at least 4 members (excludes halogenated alkanes) is 1. The normalized spacial score (nSPS) is 17.2. The minimum atomic E-state index is -0.531. The van der Waals surface area contributed by atoms with Crippen LogP contribution in [0.15, 0.2) is 54.6 Å². The predicted molar refractivity (Wildman–Crippen MR) is 106 cm³/mol. The summed E-state index contributed by atoms with van der Waals surface area (Å²) in [6, 6.07) is 16.2. The lowest BCUT2D eigenvalue weighted by atomic mass is 10.1. The van der Waals surface area contributed by atoms with Crippen molar-refractivity contribution in [3.8, 4) is 0 Å².